The highest BCUT2D eigenvalue weighted by Gasteiger charge is 2.21. The van der Waals surface area contributed by atoms with Gasteiger partial charge in [-0.25, -0.2) is 0 Å². The Morgan fingerprint density at radius 1 is 1.05 bits per heavy atom. The van der Waals surface area contributed by atoms with Crippen LogP contribution in [-0.2, 0) is 6.42 Å². The summed E-state index contributed by atoms with van der Waals surface area (Å²) in [5.74, 6) is 0.344. The summed E-state index contributed by atoms with van der Waals surface area (Å²) in [6.45, 7) is 2.27. The van der Waals surface area contributed by atoms with Crippen LogP contribution in [0.2, 0.25) is 0 Å². The van der Waals surface area contributed by atoms with E-state index in [-0.39, 0.29) is 0 Å². The fourth-order valence-electron chi connectivity index (χ4n) is 3.51. The van der Waals surface area contributed by atoms with E-state index >= 15 is 0 Å². The molecule has 0 saturated heterocycles. The van der Waals surface area contributed by atoms with Crippen molar-refractivity contribution in [1.82, 2.24) is 4.98 Å². The predicted octanol–water partition coefficient (Wildman–Crippen LogP) is 5.30. The van der Waals surface area contributed by atoms with Gasteiger partial charge in [-0.2, -0.15) is 0 Å². The molecular formula is C21H19N. The van der Waals surface area contributed by atoms with Gasteiger partial charge >= 0.3 is 0 Å². The number of hydrogen-bond acceptors (Lipinski definition) is 1. The Balaban J connectivity index is 1.89. The Labute approximate surface area is 131 Å². The molecule has 3 aliphatic rings. The van der Waals surface area contributed by atoms with Crippen molar-refractivity contribution in [2.45, 2.75) is 25.7 Å². The van der Waals surface area contributed by atoms with Crippen molar-refractivity contribution in [3.05, 3.63) is 83.2 Å². The fraction of sp³-hybridized carbons (Fsp3) is 0.190. The van der Waals surface area contributed by atoms with Gasteiger partial charge in [0.1, 0.15) is 0 Å². The molecule has 0 N–H and O–H groups in total. The highest BCUT2D eigenvalue weighted by atomic mass is 14.6. The summed E-state index contributed by atoms with van der Waals surface area (Å²) in [4.78, 5) is 4.47. The van der Waals surface area contributed by atoms with Gasteiger partial charge in [0.05, 0.1) is 0 Å². The maximum absolute atomic E-state index is 4.47. The molecule has 0 amide bonds. The Morgan fingerprint density at radius 2 is 1.91 bits per heavy atom. The summed E-state index contributed by atoms with van der Waals surface area (Å²) in [7, 11) is 0. The number of allylic oxidation sites excluding steroid dienone is 1. The Bertz CT molecular complexity index is 802. The first kappa shape index (κ1) is 13.3. The first-order valence-electron chi connectivity index (χ1n) is 7.95. The number of nitrogens with zero attached hydrogens (tertiary/aromatic N) is 1. The number of benzene rings is 1. The lowest BCUT2D eigenvalue weighted by molar-refractivity contribution is 0.919. The average Bonchev–Trinajstić information content (AvgIpc) is 2.81. The van der Waals surface area contributed by atoms with E-state index in [0.717, 1.165) is 12.8 Å². The van der Waals surface area contributed by atoms with E-state index in [1.807, 2.05) is 12.4 Å². The predicted molar refractivity (Wildman–Crippen MR) is 92.2 cm³/mol. The topological polar surface area (TPSA) is 12.9 Å². The van der Waals surface area contributed by atoms with Crippen LogP contribution in [-0.4, -0.2) is 4.98 Å². The summed E-state index contributed by atoms with van der Waals surface area (Å²) in [5.41, 5.74) is 8.24. The van der Waals surface area contributed by atoms with Crippen LogP contribution in [0, 0.1) is 0 Å². The number of aromatic nitrogens is 1. The van der Waals surface area contributed by atoms with Gasteiger partial charge in [-0.15, -0.1) is 0 Å². The molecule has 2 aliphatic carbocycles. The summed E-state index contributed by atoms with van der Waals surface area (Å²) in [6.07, 6.45) is 10.8. The molecule has 0 saturated carbocycles. The van der Waals surface area contributed by atoms with E-state index < -0.39 is 0 Å². The lowest BCUT2D eigenvalue weighted by Gasteiger charge is -2.14. The molecule has 0 fully saturated rings. The van der Waals surface area contributed by atoms with E-state index in [1.54, 1.807) is 0 Å². The molecule has 1 aliphatic heterocycles. The summed E-state index contributed by atoms with van der Waals surface area (Å²) >= 11 is 0. The van der Waals surface area contributed by atoms with Crippen molar-refractivity contribution < 1.29 is 0 Å². The van der Waals surface area contributed by atoms with E-state index in [2.05, 4.69) is 66.5 Å². The first-order chi connectivity index (χ1) is 10.8. The molecule has 0 aromatic heterocycles. The molecule has 22 heavy (non-hydrogen) atoms. The number of hydrogen-bond donors (Lipinski definition) is 0. The Kier molecular flexibility index (Phi) is 3.27. The van der Waals surface area contributed by atoms with Gasteiger partial charge in [0.25, 0.3) is 0 Å². The molecule has 1 aromatic carbocycles. The largest absolute Gasteiger partial charge is 0.264 e. The molecular weight excluding hydrogens is 266 g/mol. The molecule has 1 heterocycles. The highest BCUT2D eigenvalue weighted by Crippen LogP contribution is 2.40. The van der Waals surface area contributed by atoms with Crippen molar-refractivity contribution in [2.24, 2.45) is 0 Å². The zero-order valence-electron chi connectivity index (χ0n) is 12.8. The van der Waals surface area contributed by atoms with Gasteiger partial charge in [-0.3, -0.25) is 4.98 Å². The molecule has 0 bridgehead atoms. The van der Waals surface area contributed by atoms with Crippen molar-refractivity contribution >= 4 is 6.08 Å². The third-order valence-corrected chi connectivity index (χ3v) is 4.74. The zero-order valence-corrected chi connectivity index (χ0v) is 12.8. The van der Waals surface area contributed by atoms with Gasteiger partial charge in [-0.05, 0) is 58.4 Å². The van der Waals surface area contributed by atoms with Crippen LogP contribution in [0.4, 0.5) is 0 Å². The minimum atomic E-state index is 0.344. The molecule has 4 rings (SSSR count). The second-order valence-corrected chi connectivity index (χ2v) is 6.03. The van der Waals surface area contributed by atoms with E-state index in [1.165, 1.54) is 33.4 Å². The first-order valence-corrected chi connectivity index (χ1v) is 7.95. The van der Waals surface area contributed by atoms with E-state index in [9.17, 15) is 0 Å². The van der Waals surface area contributed by atoms with Gasteiger partial charge in [-0.1, -0.05) is 49.4 Å². The molecule has 108 valence electrons. The van der Waals surface area contributed by atoms with Gasteiger partial charge in [0.2, 0.25) is 0 Å². The molecule has 1 atom stereocenters. The average molecular weight is 285 g/mol. The maximum atomic E-state index is 4.47. The standard InChI is InChI=1S/C21H19N/c1-15(16-7-3-2-4-8-16)21-14-22-12-11-19-18-10-6-5-9-17(18)13-20(19)21/h2-5,7-9,11-15H,6,10H2,1H3/t15-/m0/s1. The molecule has 1 nitrogen and oxygen atoms in total. The quantitative estimate of drug-likeness (QED) is 0.623. The molecule has 1 aromatic rings. The Morgan fingerprint density at radius 3 is 2.77 bits per heavy atom. The van der Waals surface area contributed by atoms with Crippen LogP contribution in [0.25, 0.3) is 17.2 Å². The fourth-order valence-corrected chi connectivity index (χ4v) is 3.51. The number of fused-ring (bicyclic) bond motifs is 3. The Hall–Kier alpha value is -2.41. The van der Waals surface area contributed by atoms with Crippen LogP contribution < -0.4 is 0 Å². The third-order valence-electron chi connectivity index (χ3n) is 4.74. The smallest absolute Gasteiger partial charge is 0.0312 e. The summed E-state index contributed by atoms with van der Waals surface area (Å²) < 4.78 is 0. The monoisotopic (exact) mass is 285 g/mol. The van der Waals surface area contributed by atoms with Crippen molar-refractivity contribution in [1.29, 1.82) is 0 Å². The van der Waals surface area contributed by atoms with Crippen LogP contribution in [0.15, 0.2) is 60.9 Å². The minimum Gasteiger partial charge on any atom is -0.264 e. The lowest BCUT2D eigenvalue weighted by Crippen LogP contribution is -1.97. The van der Waals surface area contributed by atoms with Gasteiger partial charge < -0.3 is 0 Å². The molecule has 0 spiro atoms. The zero-order chi connectivity index (χ0) is 14.9. The van der Waals surface area contributed by atoms with Crippen LogP contribution in [0.3, 0.4) is 0 Å². The molecule has 1 heteroatoms. The lowest BCUT2D eigenvalue weighted by atomic mass is 9.90. The van der Waals surface area contributed by atoms with Crippen molar-refractivity contribution in [2.75, 3.05) is 0 Å². The van der Waals surface area contributed by atoms with E-state index in [4.69, 9.17) is 0 Å². The SMILES string of the molecule is C[C@@H](c1ccccc1)c1cnccc2c3c(cc1-2)C=CCC3. The van der Waals surface area contributed by atoms with Crippen molar-refractivity contribution in [3.8, 4) is 11.1 Å². The summed E-state index contributed by atoms with van der Waals surface area (Å²) in [5, 5.41) is 0. The molecule has 0 unspecified atom stereocenters. The van der Waals surface area contributed by atoms with Gasteiger partial charge in [0, 0.05) is 18.3 Å². The second-order valence-electron chi connectivity index (χ2n) is 6.03. The van der Waals surface area contributed by atoms with Crippen LogP contribution in [0.1, 0.15) is 41.5 Å². The summed E-state index contributed by atoms with van der Waals surface area (Å²) in [6, 6.07) is 15.2. The van der Waals surface area contributed by atoms with Crippen LogP contribution in [0.5, 0.6) is 0 Å². The second kappa shape index (κ2) is 5.42. The highest BCUT2D eigenvalue weighted by molar-refractivity contribution is 5.82. The van der Waals surface area contributed by atoms with Gasteiger partial charge in [0.15, 0.2) is 0 Å². The minimum absolute atomic E-state index is 0.344. The van der Waals surface area contributed by atoms with Crippen LogP contribution >= 0.6 is 0 Å². The maximum Gasteiger partial charge on any atom is 0.0312 e. The molecule has 0 radical (unpaired) electrons. The number of rotatable bonds is 2. The van der Waals surface area contributed by atoms with E-state index in [0.29, 0.717) is 5.92 Å². The normalized spacial score (nSPS) is 14.8. The van der Waals surface area contributed by atoms with Crippen molar-refractivity contribution in [3.63, 3.8) is 0 Å². The third kappa shape index (κ3) is 2.14.